The molecule has 0 saturated carbocycles. The summed E-state index contributed by atoms with van der Waals surface area (Å²) in [6, 6.07) is 2.35. The summed E-state index contributed by atoms with van der Waals surface area (Å²) >= 11 is 0. The van der Waals surface area contributed by atoms with Crippen molar-refractivity contribution in [2.45, 2.75) is 18.2 Å². The Morgan fingerprint density at radius 3 is 2.61 bits per heavy atom. The van der Waals surface area contributed by atoms with Crippen LogP contribution in [0.2, 0.25) is 0 Å². The van der Waals surface area contributed by atoms with Crippen LogP contribution < -0.4 is 0 Å². The van der Waals surface area contributed by atoms with Crippen molar-refractivity contribution in [1.82, 2.24) is 9.21 Å². The average molecular weight is 348 g/mol. The number of nitrogens with zero attached hydrogens (tertiary/aromatic N) is 2. The van der Waals surface area contributed by atoms with E-state index in [4.69, 9.17) is 4.74 Å². The Labute approximate surface area is 133 Å². The number of rotatable bonds is 3. The van der Waals surface area contributed by atoms with Gasteiger partial charge in [-0.05, 0) is 25.5 Å². The number of benzene rings is 1. The largest absolute Gasteiger partial charge is 0.450 e. The quantitative estimate of drug-likeness (QED) is 0.836. The van der Waals surface area contributed by atoms with Crippen LogP contribution in [0.4, 0.5) is 13.6 Å². The molecule has 1 aliphatic rings. The summed E-state index contributed by atoms with van der Waals surface area (Å²) < 4.78 is 57.7. The molecule has 0 aliphatic carbocycles. The lowest BCUT2D eigenvalue weighted by atomic mass is 10.3. The summed E-state index contributed by atoms with van der Waals surface area (Å²) in [5.41, 5.74) is 0. The number of ether oxygens (including phenoxy) is 1. The number of carbonyl (C=O) groups is 1. The first-order valence-corrected chi connectivity index (χ1v) is 8.67. The van der Waals surface area contributed by atoms with Crippen molar-refractivity contribution in [3.63, 3.8) is 0 Å². The smallest absolute Gasteiger partial charge is 0.409 e. The first-order chi connectivity index (χ1) is 10.9. The predicted octanol–water partition coefficient (Wildman–Crippen LogP) is 1.82. The fourth-order valence-electron chi connectivity index (χ4n) is 2.35. The van der Waals surface area contributed by atoms with Crippen molar-refractivity contribution >= 4 is 16.1 Å². The summed E-state index contributed by atoms with van der Waals surface area (Å²) in [4.78, 5) is 12.6. The molecule has 0 radical (unpaired) electrons. The molecule has 1 amide bonds. The normalized spacial score (nSPS) is 16.9. The number of halogens is 2. The molecule has 1 aliphatic heterocycles. The molecule has 1 aromatic carbocycles. The minimum Gasteiger partial charge on any atom is -0.450 e. The molecule has 128 valence electrons. The Bertz CT molecular complexity index is 681. The maximum atomic E-state index is 13.8. The van der Waals surface area contributed by atoms with Crippen LogP contribution in [0.5, 0.6) is 0 Å². The van der Waals surface area contributed by atoms with Gasteiger partial charge in [0.1, 0.15) is 16.5 Å². The molecule has 1 aromatic rings. The van der Waals surface area contributed by atoms with Gasteiger partial charge in [0.2, 0.25) is 10.0 Å². The molecule has 0 N–H and O–H groups in total. The van der Waals surface area contributed by atoms with Gasteiger partial charge in [-0.25, -0.2) is 22.0 Å². The molecule has 1 heterocycles. The van der Waals surface area contributed by atoms with E-state index >= 15 is 0 Å². The van der Waals surface area contributed by atoms with E-state index in [-0.39, 0.29) is 26.2 Å². The van der Waals surface area contributed by atoms with Crippen molar-refractivity contribution < 1.29 is 26.7 Å². The van der Waals surface area contributed by atoms with E-state index in [0.717, 1.165) is 16.4 Å². The number of hydrogen-bond acceptors (Lipinski definition) is 4. The second-order valence-electron chi connectivity index (χ2n) is 5.02. The third kappa shape index (κ3) is 3.97. The molecule has 0 unspecified atom stereocenters. The van der Waals surface area contributed by atoms with Crippen LogP contribution in [-0.2, 0) is 14.8 Å². The minimum atomic E-state index is -4.08. The van der Waals surface area contributed by atoms with Gasteiger partial charge in [0.15, 0.2) is 0 Å². The predicted molar refractivity (Wildman–Crippen MR) is 78.3 cm³/mol. The summed E-state index contributed by atoms with van der Waals surface area (Å²) in [6.07, 6.45) is -0.0966. The summed E-state index contributed by atoms with van der Waals surface area (Å²) in [5, 5.41) is 0. The van der Waals surface area contributed by atoms with Crippen LogP contribution in [0.15, 0.2) is 23.1 Å². The van der Waals surface area contributed by atoms with Gasteiger partial charge in [-0.2, -0.15) is 4.31 Å². The van der Waals surface area contributed by atoms with Crippen LogP contribution in [0.3, 0.4) is 0 Å². The first kappa shape index (κ1) is 17.6. The number of sulfonamides is 1. The molecule has 0 aromatic heterocycles. The zero-order valence-corrected chi connectivity index (χ0v) is 13.5. The summed E-state index contributed by atoms with van der Waals surface area (Å²) in [6.45, 7) is 2.60. The zero-order chi connectivity index (χ0) is 17.0. The maximum absolute atomic E-state index is 13.8. The second-order valence-corrected chi connectivity index (χ2v) is 6.92. The molecule has 0 bridgehead atoms. The topological polar surface area (TPSA) is 66.9 Å². The number of amides is 1. The molecule has 0 atom stereocenters. The van der Waals surface area contributed by atoms with Crippen molar-refractivity contribution in [1.29, 1.82) is 0 Å². The molecular formula is C14H18F2N2O4S. The van der Waals surface area contributed by atoms with Gasteiger partial charge in [-0.15, -0.1) is 0 Å². The van der Waals surface area contributed by atoms with Gasteiger partial charge in [-0.1, -0.05) is 0 Å². The van der Waals surface area contributed by atoms with Gasteiger partial charge < -0.3 is 9.64 Å². The van der Waals surface area contributed by atoms with Gasteiger partial charge in [0.25, 0.3) is 0 Å². The lowest BCUT2D eigenvalue weighted by molar-refractivity contribution is 0.109. The number of carbonyl (C=O) groups excluding carboxylic acids is 1. The Morgan fingerprint density at radius 2 is 1.96 bits per heavy atom. The Balaban J connectivity index is 2.16. The Morgan fingerprint density at radius 1 is 1.22 bits per heavy atom. The van der Waals surface area contributed by atoms with Crippen molar-refractivity contribution in [3.8, 4) is 0 Å². The second kappa shape index (κ2) is 7.22. The van der Waals surface area contributed by atoms with E-state index in [0.29, 0.717) is 19.0 Å². The third-order valence-electron chi connectivity index (χ3n) is 3.49. The van der Waals surface area contributed by atoms with E-state index in [1.807, 2.05) is 0 Å². The highest BCUT2D eigenvalue weighted by Gasteiger charge is 2.30. The van der Waals surface area contributed by atoms with Gasteiger partial charge in [-0.3, -0.25) is 0 Å². The fraction of sp³-hybridized carbons (Fsp3) is 0.500. The lowest BCUT2D eigenvalue weighted by Crippen LogP contribution is -2.37. The fourth-order valence-corrected chi connectivity index (χ4v) is 3.87. The monoisotopic (exact) mass is 348 g/mol. The average Bonchev–Trinajstić information content (AvgIpc) is 2.73. The van der Waals surface area contributed by atoms with E-state index < -0.39 is 32.6 Å². The minimum absolute atomic E-state index is 0.0258. The van der Waals surface area contributed by atoms with Crippen LogP contribution in [-0.4, -0.2) is 56.5 Å². The molecule has 6 nitrogen and oxygen atoms in total. The summed E-state index contributed by atoms with van der Waals surface area (Å²) in [7, 11) is -4.08. The molecule has 9 heteroatoms. The highest BCUT2D eigenvalue weighted by atomic mass is 32.2. The van der Waals surface area contributed by atoms with Crippen molar-refractivity contribution in [2.75, 3.05) is 32.8 Å². The standard InChI is InChI=1S/C14H18F2N2O4S/c1-2-22-14(19)17-6-3-7-18(9-8-17)23(20,21)13-5-4-11(15)10-12(13)16/h4-5,10H,2-3,6-9H2,1H3. The van der Waals surface area contributed by atoms with Crippen molar-refractivity contribution in [3.05, 3.63) is 29.8 Å². The van der Waals surface area contributed by atoms with E-state index in [2.05, 4.69) is 0 Å². The van der Waals surface area contributed by atoms with E-state index in [9.17, 15) is 22.0 Å². The highest BCUT2D eigenvalue weighted by Crippen LogP contribution is 2.21. The van der Waals surface area contributed by atoms with E-state index in [1.165, 1.54) is 4.90 Å². The molecule has 0 spiro atoms. The molecule has 1 saturated heterocycles. The third-order valence-corrected chi connectivity index (χ3v) is 5.42. The molecule has 1 fully saturated rings. The highest BCUT2D eigenvalue weighted by molar-refractivity contribution is 7.89. The van der Waals surface area contributed by atoms with E-state index in [1.54, 1.807) is 6.92 Å². The van der Waals surface area contributed by atoms with Gasteiger partial charge in [0, 0.05) is 32.2 Å². The Kier molecular flexibility index (Phi) is 5.53. The van der Waals surface area contributed by atoms with Crippen LogP contribution in [0, 0.1) is 11.6 Å². The van der Waals surface area contributed by atoms with Gasteiger partial charge >= 0.3 is 6.09 Å². The number of hydrogen-bond donors (Lipinski definition) is 0. The maximum Gasteiger partial charge on any atom is 0.409 e. The van der Waals surface area contributed by atoms with Gasteiger partial charge in [0.05, 0.1) is 6.61 Å². The molecule has 23 heavy (non-hydrogen) atoms. The van der Waals surface area contributed by atoms with Crippen LogP contribution in [0.25, 0.3) is 0 Å². The lowest BCUT2D eigenvalue weighted by Gasteiger charge is -2.21. The van der Waals surface area contributed by atoms with Crippen LogP contribution in [0.1, 0.15) is 13.3 Å². The molecular weight excluding hydrogens is 330 g/mol. The first-order valence-electron chi connectivity index (χ1n) is 7.23. The Hall–Kier alpha value is -1.74. The zero-order valence-electron chi connectivity index (χ0n) is 12.7. The summed E-state index contributed by atoms with van der Waals surface area (Å²) in [5.74, 6) is -1.97. The molecule has 2 rings (SSSR count). The SMILES string of the molecule is CCOC(=O)N1CCCN(S(=O)(=O)c2ccc(F)cc2F)CC1. The van der Waals surface area contributed by atoms with Crippen LogP contribution >= 0.6 is 0 Å². The van der Waals surface area contributed by atoms with Crippen molar-refractivity contribution in [2.24, 2.45) is 0 Å².